The monoisotopic (exact) mass is 266 g/mol. The van der Waals surface area contributed by atoms with Crippen LogP contribution in [0.4, 0.5) is 0 Å². The van der Waals surface area contributed by atoms with Gasteiger partial charge in [0.05, 0.1) is 6.54 Å². The normalized spacial score (nSPS) is 16.5. The van der Waals surface area contributed by atoms with E-state index < -0.39 is 0 Å². The zero-order valence-corrected chi connectivity index (χ0v) is 11.4. The van der Waals surface area contributed by atoms with Gasteiger partial charge in [-0.2, -0.15) is 4.98 Å². The second-order valence-electron chi connectivity index (χ2n) is 5.06. The molecule has 1 heterocycles. The number of rotatable bonds is 6. The van der Waals surface area contributed by atoms with E-state index >= 15 is 0 Å². The minimum Gasteiger partial charge on any atom is -0.352 e. The van der Waals surface area contributed by atoms with E-state index in [9.17, 15) is 4.79 Å². The molecular formula is C13H22N4O2. The van der Waals surface area contributed by atoms with Crippen molar-refractivity contribution in [2.24, 2.45) is 0 Å². The quantitative estimate of drug-likeness (QED) is 0.750. The number of aryl methyl sites for hydroxylation is 1. The predicted octanol–water partition coefficient (Wildman–Crippen LogP) is 0.959. The number of aromatic nitrogens is 2. The van der Waals surface area contributed by atoms with Crippen LogP contribution in [0.5, 0.6) is 0 Å². The maximum Gasteiger partial charge on any atom is 0.234 e. The first kappa shape index (κ1) is 14.0. The van der Waals surface area contributed by atoms with Crippen molar-refractivity contribution < 1.29 is 9.32 Å². The first-order valence-electron chi connectivity index (χ1n) is 7.03. The SMILES string of the molecule is Cc1noc(CCNCC(=O)NC2CCCCC2)n1. The van der Waals surface area contributed by atoms with E-state index in [-0.39, 0.29) is 5.91 Å². The van der Waals surface area contributed by atoms with Crippen molar-refractivity contribution in [2.45, 2.75) is 51.5 Å². The van der Waals surface area contributed by atoms with E-state index in [1.807, 2.05) is 0 Å². The molecule has 2 rings (SSSR count). The van der Waals surface area contributed by atoms with Crippen LogP contribution in [0, 0.1) is 6.92 Å². The Kier molecular flexibility index (Phi) is 5.32. The summed E-state index contributed by atoms with van der Waals surface area (Å²) < 4.78 is 4.99. The van der Waals surface area contributed by atoms with Crippen LogP contribution in [-0.2, 0) is 11.2 Å². The van der Waals surface area contributed by atoms with Gasteiger partial charge in [0, 0.05) is 19.0 Å². The number of carbonyl (C=O) groups is 1. The zero-order valence-electron chi connectivity index (χ0n) is 11.4. The largest absolute Gasteiger partial charge is 0.352 e. The van der Waals surface area contributed by atoms with E-state index in [1.54, 1.807) is 6.92 Å². The average Bonchev–Trinajstić information content (AvgIpc) is 2.82. The molecule has 0 saturated heterocycles. The summed E-state index contributed by atoms with van der Waals surface area (Å²) in [4.78, 5) is 15.8. The summed E-state index contributed by atoms with van der Waals surface area (Å²) in [5, 5.41) is 9.88. The molecule has 1 aliphatic rings. The smallest absolute Gasteiger partial charge is 0.234 e. The van der Waals surface area contributed by atoms with Gasteiger partial charge >= 0.3 is 0 Å². The molecule has 0 radical (unpaired) electrons. The van der Waals surface area contributed by atoms with Gasteiger partial charge in [0.15, 0.2) is 5.82 Å². The summed E-state index contributed by atoms with van der Waals surface area (Å²) >= 11 is 0. The molecule has 6 heteroatoms. The fourth-order valence-electron chi connectivity index (χ4n) is 2.36. The molecule has 0 spiro atoms. The Morgan fingerprint density at radius 2 is 2.16 bits per heavy atom. The molecule has 1 amide bonds. The van der Waals surface area contributed by atoms with Gasteiger partial charge in [-0.1, -0.05) is 24.4 Å². The van der Waals surface area contributed by atoms with Crippen LogP contribution in [-0.4, -0.2) is 35.2 Å². The third-order valence-corrected chi connectivity index (χ3v) is 3.34. The summed E-state index contributed by atoms with van der Waals surface area (Å²) in [6.07, 6.45) is 6.65. The molecule has 1 saturated carbocycles. The molecular weight excluding hydrogens is 244 g/mol. The minimum atomic E-state index is 0.0774. The van der Waals surface area contributed by atoms with Crippen LogP contribution in [0.15, 0.2) is 4.52 Å². The molecule has 0 unspecified atom stereocenters. The highest BCUT2D eigenvalue weighted by molar-refractivity contribution is 5.78. The second-order valence-corrected chi connectivity index (χ2v) is 5.06. The Labute approximate surface area is 113 Å². The van der Waals surface area contributed by atoms with E-state index in [4.69, 9.17) is 4.52 Å². The predicted molar refractivity (Wildman–Crippen MR) is 70.6 cm³/mol. The number of hydrogen-bond donors (Lipinski definition) is 2. The Balaban J connectivity index is 1.56. The summed E-state index contributed by atoms with van der Waals surface area (Å²) in [6.45, 7) is 2.81. The topological polar surface area (TPSA) is 80.0 Å². The van der Waals surface area contributed by atoms with Gasteiger partial charge in [0.2, 0.25) is 11.8 Å². The van der Waals surface area contributed by atoms with Gasteiger partial charge in [-0.05, 0) is 19.8 Å². The van der Waals surface area contributed by atoms with E-state index in [0.29, 0.717) is 37.3 Å². The summed E-state index contributed by atoms with van der Waals surface area (Å²) in [5.74, 6) is 1.33. The van der Waals surface area contributed by atoms with Gasteiger partial charge in [-0.25, -0.2) is 0 Å². The van der Waals surface area contributed by atoms with Crippen molar-refractivity contribution >= 4 is 5.91 Å². The van der Waals surface area contributed by atoms with Crippen molar-refractivity contribution in [1.82, 2.24) is 20.8 Å². The molecule has 1 aromatic heterocycles. The lowest BCUT2D eigenvalue weighted by Crippen LogP contribution is -2.41. The Hall–Kier alpha value is -1.43. The molecule has 2 N–H and O–H groups in total. The second kappa shape index (κ2) is 7.23. The third kappa shape index (κ3) is 4.98. The number of hydrogen-bond acceptors (Lipinski definition) is 5. The highest BCUT2D eigenvalue weighted by Crippen LogP contribution is 2.16. The minimum absolute atomic E-state index is 0.0774. The van der Waals surface area contributed by atoms with Crippen LogP contribution in [0.1, 0.15) is 43.8 Å². The molecule has 106 valence electrons. The summed E-state index contributed by atoms with van der Waals surface area (Å²) in [6, 6.07) is 0.377. The average molecular weight is 266 g/mol. The number of amides is 1. The third-order valence-electron chi connectivity index (χ3n) is 3.34. The fraction of sp³-hybridized carbons (Fsp3) is 0.769. The van der Waals surface area contributed by atoms with Gasteiger partial charge in [-0.3, -0.25) is 4.79 Å². The van der Waals surface area contributed by atoms with Crippen LogP contribution in [0.25, 0.3) is 0 Å². The van der Waals surface area contributed by atoms with Gasteiger partial charge < -0.3 is 15.2 Å². The number of carbonyl (C=O) groups excluding carboxylic acids is 1. The van der Waals surface area contributed by atoms with E-state index in [2.05, 4.69) is 20.8 Å². The highest BCUT2D eigenvalue weighted by atomic mass is 16.5. The maximum absolute atomic E-state index is 11.7. The zero-order chi connectivity index (χ0) is 13.5. The van der Waals surface area contributed by atoms with Crippen molar-refractivity contribution in [2.75, 3.05) is 13.1 Å². The standard InChI is InChI=1S/C13H22N4O2/c1-10-15-13(19-17-10)7-8-14-9-12(18)16-11-5-3-2-4-6-11/h11,14H,2-9H2,1H3,(H,16,18). The Morgan fingerprint density at radius 1 is 1.37 bits per heavy atom. The van der Waals surface area contributed by atoms with Crippen molar-refractivity contribution in [3.05, 3.63) is 11.7 Å². The molecule has 0 atom stereocenters. The molecule has 1 fully saturated rings. The van der Waals surface area contributed by atoms with E-state index in [1.165, 1.54) is 19.3 Å². The van der Waals surface area contributed by atoms with Crippen LogP contribution >= 0.6 is 0 Å². The molecule has 0 aromatic carbocycles. The lowest BCUT2D eigenvalue weighted by Gasteiger charge is -2.22. The summed E-state index contributed by atoms with van der Waals surface area (Å²) in [5.41, 5.74) is 0. The van der Waals surface area contributed by atoms with Crippen LogP contribution in [0.2, 0.25) is 0 Å². The maximum atomic E-state index is 11.7. The van der Waals surface area contributed by atoms with Gasteiger partial charge in [0.25, 0.3) is 0 Å². The first-order chi connectivity index (χ1) is 9.24. The van der Waals surface area contributed by atoms with Crippen LogP contribution in [0.3, 0.4) is 0 Å². The molecule has 19 heavy (non-hydrogen) atoms. The Bertz CT molecular complexity index is 399. The fourth-order valence-corrected chi connectivity index (χ4v) is 2.36. The highest BCUT2D eigenvalue weighted by Gasteiger charge is 2.15. The van der Waals surface area contributed by atoms with Crippen molar-refractivity contribution in [1.29, 1.82) is 0 Å². The lowest BCUT2D eigenvalue weighted by molar-refractivity contribution is -0.121. The molecule has 1 aromatic rings. The molecule has 0 bridgehead atoms. The van der Waals surface area contributed by atoms with Crippen molar-refractivity contribution in [3.63, 3.8) is 0 Å². The lowest BCUT2D eigenvalue weighted by atomic mass is 9.95. The summed E-state index contributed by atoms with van der Waals surface area (Å²) in [7, 11) is 0. The van der Waals surface area contributed by atoms with E-state index in [0.717, 1.165) is 12.8 Å². The number of nitrogens with one attached hydrogen (secondary N) is 2. The molecule has 6 nitrogen and oxygen atoms in total. The molecule has 1 aliphatic carbocycles. The van der Waals surface area contributed by atoms with Crippen molar-refractivity contribution in [3.8, 4) is 0 Å². The van der Waals surface area contributed by atoms with Crippen LogP contribution < -0.4 is 10.6 Å². The molecule has 0 aliphatic heterocycles. The first-order valence-corrected chi connectivity index (χ1v) is 7.03. The van der Waals surface area contributed by atoms with Gasteiger partial charge in [-0.15, -0.1) is 0 Å². The van der Waals surface area contributed by atoms with Gasteiger partial charge in [0.1, 0.15) is 0 Å². The number of nitrogens with zero attached hydrogens (tertiary/aromatic N) is 2. The Morgan fingerprint density at radius 3 is 2.84 bits per heavy atom.